The first kappa shape index (κ1) is 19.3. The third-order valence-electron chi connectivity index (χ3n) is 3.79. The zero-order chi connectivity index (χ0) is 20.1. The second-order valence-electron chi connectivity index (χ2n) is 5.99. The molecule has 0 saturated heterocycles. The van der Waals surface area contributed by atoms with Gasteiger partial charge in [-0.05, 0) is 54.1 Å². The van der Waals surface area contributed by atoms with Gasteiger partial charge < -0.3 is 10.6 Å². The molecule has 4 nitrogen and oxygen atoms in total. The summed E-state index contributed by atoms with van der Waals surface area (Å²) >= 11 is 0. The molecule has 0 aliphatic carbocycles. The number of alkyl halides is 3. The predicted molar refractivity (Wildman–Crippen MR) is 97.7 cm³/mol. The molecule has 0 fully saturated rings. The van der Waals surface area contributed by atoms with Gasteiger partial charge in [-0.3, -0.25) is 4.79 Å². The Balaban J connectivity index is 1.58. The molecule has 2 aromatic carbocycles. The lowest BCUT2D eigenvalue weighted by Crippen LogP contribution is -2.14. The molecule has 1 heterocycles. The summed E-state index contributed by atoms with van der Waals surface area (Å²) in [7, 11) is 0. The fourth-order valence-corrected chi connectivity index (χ4v) is 2.47. The van der Waals surface area contributed by atoms with Crippen LogP contribution in [0, 0.1) is 5.82 Å². The van der Waals surface area contributed by atoms with Crippen molar-refractivity contribution in [1.82, 2.24) is 4.98 Å². The Kier molecular flexibility index (Phi) is 5.58. The molecule has 28 heavy (non-hydrogen) atoms. The van der Waals surface area contributed by atoms with E-state index in [-0.39, 0.29) is 12.3 Å². The molecule has 0 bridgehead atoms. The molecule has 0 spiro atoms. The van der Waals surface area contributed by atoms with Crippen molar-refractivity contribution >= 4 is 23.1 Å². The summed E-state index contributed by atoms with van der Waals surface area (Å²) in [6, 6.07) is 13.5. The first-order valence-electron chi connectivity index (χ1n) is 8.24. The average molecular weight is 389 g/mol. The quantitative estimate of drug-likeness (QED) is 0.593. The van der Waals surface area contributed by atoms with E-state index >= 15 is 0 Å². The first-order valence-corrected chi connectivity index (χ1v) is 8.24. The molecule has 8 heteroatoms. The van der Waals surface area contributed by atoms with E-state index in [0.717, 1.165) is 12.1 Å². The number of benzene rings is 2. The lowest BCUT2D eigenvalue weighted by molar-refractivity contribution is -0.137. The number of halogens is 4. The molecule has 0 radical (unpaired) electrons. The van der Waals surface area contributed by atoms with E-state index in [1.54, 1.807) is 18.2 Å². The van der Waals surface area contributed by atoms with E-state index < -0.39 is 17.6 Å². The highest BCUT2D eigenvalue weighted by atomic mass is 19.4. The van der Waals surface area contributed by atoms with Crippen molar-refractivity contribution in [3.8, 4) is 0 Å². The Bertz CT molecular complexity index is 954. The van der Waals surface area contributed by atoms with Crippen molar-refractivity contribution in [2.75, 3.05) is 10.6 Å². The monoisotopic (exact) mass is 389 g/mol. The van der Waals surface area contributed by atoms with Gasteiger partial charge in [-0.15, -0.1) is 0 Å². The Morgan fingerprint density at radius 3 is 2.29 bits per heavy atom. The summed E-state index contributed by atoms with van der Waals surface area (Å²) in [6.07, 6.45) is -2.96. The Labute approximate surface area is 158 Å². The number of anilines is 3. The number of aromatic nitrogens is 1. The van der Waals surface area contributed by atoms with Crippen LogP contribution >= 0.6 is 0 Å². The predicted octanol–water partition coefficient (Wildman–Crippen LogP) is 5.16. The minimum Gasteiger partial charge on any atom is -0.340 e. The number of carbonyl (C=O) groups is 1. The maximum Gasteiger partial charge on any atom is 0.416 e. The van der Waals surface area contributed by atoms with Crippen molar-refractivity contribution in [2.24, 2.45) is 0 Å². The summed E-state index contributed by atoms with van der Waals surface area (Å²) < 4.78 is 50.8. The van der Waals surface area contributed by atoms with Crippen molar-refractivity contribution < 1.29 is 22.4 Å². The third-order valence-corrected chi connectivity index (χ3v) is 3.79. The zero-order valence-corrected chi connectivity index (χ0v) is 14.4. The van der Waals surface area contributed by atoms with E-state index in [1.807, 2.05) is 0 Å². The van der Waals surface area contributed by atoms with E-state index in [9.17, 15) is 22.4 Å². The summed E-state index contributed by atoms with van der Waals surface area (Å²) in [6.45, 7) is 0. The summed E-state index contributed by atoms with van der Waals surface area (Å²) in [5.41, 5.74) is 0.705. The number of nitrogens with zero attached hydrogens (tertiary/aromatic N) is 1. The molecule has 0 aliphatic heterocycles. The zero-order valence-electron chi connectivity index (χ0n) is 14.4. The molecule has 0 saturated carbocycles. The highest BCUT2D eigenvalue weighted by molar-refractivity contribution is 5.92. The number of carbonyl (C=O) groups excluding carboxylic acids is 1. The number of hydrogen-bond acceptors (Lipinski definition) is 3. The molecule has 3 rings (SSSR count). The molecular formula is C20H15F4N3O. The normalized spacial score (nSPS) is 11.1. The van der Waals surface area contributed by atoms with E-state index in [4.69, 9.17) is 0 Å². The van der Waals surface area contributed by atoms with Crippen LogP contribution in [0.4, 0.5) is 34.8 Å². The van der Waals surface area contributed by atoms with Crippen LogP contribution in [-0.4, -0.2) is 10.9 Å². The molecule has 2 N–H and O–H groups in total. The van der Waals surface area contributed by atoms with Gasteiger partial charge in [-0.25, -0.2) is 9.37 Å². The highest BCUT2D eigenvalue weighted by Gasteiger charge is 2.29. The first-order chi connectivity index (χ1) is 13.3. The van der Waals surface area contributed by atoms with E-state index in [0.29, 0.717) is 22.8 Å². The topological polar surface area (TPSA) is 54.0 Å². The molecule has 1 aromatic heterocycles. The Hall–Kier alpha value is -3.42. The number of hydrogen-bond donors (Lipinski definition) is 2. The Morgan fingerprint density at radius 1 is 0.964 bits per heavy atom. The van der Waals surface area contributed by atoms with Gasteiger partial charge in [0.25, 0.3) is 0 Å². The summed E-state index contributed by atoms with van der Waals surface area (Å²) in [5, 5.41) is 5.52. The minimum absolute atomic E-state index is 0.0172. The average Bonchev–Trinajstić information content (AvgIpc) is 2.63. The second kappa shape index (κ2) is 8.08. The van der Waals surface area contributed by atoms with Crippen LogP contribution in [0.25, 0.3) is 0 Å². The van der Waals surface area contributed by atoms with Crippen LogP contribution in [0.2, 0.25) is 0 Å². The van der Waals surface area contributed by atoms with Crippen LogP contribution < -0.4 is 10.6 Å². The molecule has 3 aromatic rings. The van der Waals surface area contributed by atoms with Gasteiger partial charge in [0.2, 0.25) is 5.91 Å². The van der Waals surface area contributed by atoms with Crippen molar-refractivity contribution in [1.29, 1.82) is 0 Å². The smallest absolute Gasteiger partial charge is 0.340 e. The van der Waals surface area contributed by atoms with Gasteiger partial charge in [0, 0.05) is 5.69 Å². The SMILES string of the molecule is O=C(Cc1cccc(F)c1)Nc1ccc(Nc2ccc(C(F)(F)F)cc2)nc1. The number of amides is 1. The number of pyridine rings is 1. The molecular weight excluding hydrogens is 374 g/mol. The number of nitrogens with one attached hydrogen (secondary N) is 2. The van der Waals surface area contributed by atoms with Gasteiger partial charge >= 0.3 is 6.18 Å². The van der Waals surface area contributed by atoms with Crippen molar-refractivity contribution in [3.05, 3.63) is 83.8 Å². The van der Waals surface area contributed by atoms with Crippen LogP contribution in [0.5, 0.6) is 0 Å². The van der Waals surface area contributed by atoms with Crippen LogP contribution in [0.15, 0.2) is 66.9 Å². The fraction of sp³-hybridized carbons (Fsp3) is 0.100. The minimum atomic E-state index is -4.39. The Morgan fingerprint density at radius 2 is 1.68 bits per heavy atom. The molecule has 0 aliphatic rings. The lowest BCUT2D eigenvalue weighted by Gasteiger charge is -2.10. The maximum atomic E-state index is 13.1. The summed E-state index contributed by atoms with van der Waals surface area (Å²) in [4.78, 5) is 16.1. The molecule has 0 unspecified atom stereocenters. The number of rotatable bonds is 5. The van der Waals surface area contributed by atoms with E-state index in [2.05, 4.69) is 15.6 Å². The third kappa shape index (κ3) is 5.29. The van der Waals surface area contributed by atoms with E-state index in [1.165, 1.54) is 36.5 Å². The maximum absolute atomic E-state index is 13.1. The molecule has 144 valence electrons. The highest BCUT2D eigenvalue weighted by Crippen LogP contribution is 2.30. The fourth-order valence-electron chi connectivity index (χ4n) is 2.47. The largest absolute Gasteiger partial charge is 0.416 e. The van der Waals surface area contributed by atoms with Crippen molar-refractivity contribution in [2.45, 2.75) is 12.6 Å². The van der Waals surface area contributed by atoms with Crippen LogP contribution in [0.3, 0.4) is 0 Å². The lowest BCUT2D eigenvalue weighted by atomic mass is 10.1. The van der Waals surface area contributed by atoms with Crippen molar-refractivity contribution in [3.63, 3.8) is 0 Å². The van der Waals surface area contributed by atoms with Crippen LogP contribution in [0.1, 0.15) is 11.1 Å². The van der Waals surface area contributed by atoms with Gasteiger partial charge in [-0.1, -0.05) is 12.1 Å². The molecule has 0 atom stereocenters. The summed E-state index contributed by atoms with van der Waals surface area (Å²) in [5.74, 6) is -0.329. The van der Waals surface area contributed by atoms with Gasteiger partial charge in [0.05, 0.1) is 23.9 Å². The van der Waals surface area contributed by atoms with Gasteiger partial charge in [0.1, 0.15) is 11.6 Å². The second-order valence-corrected chi connectivity index (χ2v) is 5.99. The van der Waals surface area contributed by atoms with Gasteiger partial charge in [-0.2, -0.15) is 13.2 Å². The standard InChI is InChI=1S/C20H15F4N3O/c21-15-3-1-2-13(10-15)11-19(28)27-17-8-9-18(25-12-17)26-16-6-4-14(5-7-16)20(22,23)24/h1-10,12H,11H2,(H,25,26)(H,27,28). The molecule has 1 amide bonds. The van der Waals surface area contributed by atoms with Crippen LogP contribution in [-0.2, 0) is 17.4 Å². The van der Waals surface area contributed by atoms with Gasteiger partial charge in [0.15, 0.2) is 0 Å².